The van der Waals surface area contributed by atoms with Crippen LogP contribution in [0, 0.1) is 24.7 Å². The Bertz CT molecular complexity index is 623. The van der Waals surface area contributed by atoms with Gasteiger partial charge in [0.15, 0.2) is 0 Å². The SMILES string of the molecule is C#Cc1ccc(CN(Cc2ccc(C#C)cc2)N(C)C)cc1. The molecule has 2 heteroatoms. The molecule has 2 rings (SSSR count). The predicted octanol–water partition coefficient (Wildman–Crippen LogP) is 3.13. The van der Waals surface area contributed by atoms with Crippen molar-refractivity contribution in [3.8, 4) is 24.7 Å². The minimum absolute atomic E-state index is 0.828. The molecule has 2 nitrogen and oxygen atoms in total. The summed E-state index contributed by atoms with van der Waals surface area (Å²) in [5.41, 5.74) is 4.27. The van der Waals surface area contributed by atoms with Crippen LogP contribution in [0.1, 0.15) is 22.3 Å². The Kier molecular flexibility index (Phi) is 5.39. The quantitative estimate of drug-likeness (QED) is 0.616. The zero-order chi connectivity index (χ0) is 15.9. The second-order valence-corrected chi connectivity index (χ2v) is 5.35. The van der Waals surface area contributed by atoms with Gasteiger partial charge in [-0.2, -0.15) is 0 Å². The maximum absolute atomic E-state index is 5.39. The lowest BCUT2D eigenvalue weighted by molar-refractivity contribution is 0.00733. The van der Waals surface area contributed by atoms with Crippen molar-refractivity contribution < 1.29 is 0 Å². The molecule has 0 spiro atoms. The number of terminal acetylenes is 2. The van der Waals surface area contributed by atoms with Gasteiger partial charge >= 0.3 is 0 Å². The maximum atomic E-state index is 5.39. The summed E-state index contributed by atoms with van der Waals surface area (Å²) in [4.78, 5) is 0. The topological polar surface area (TPSA) is 6.48 Å². The lowest BCUT2D eigenvalue weighted by atomic mass is 10.1. The Balaban J connectivity index is 2.09. The molecule has 0 fully saturated rings. The normalized spacial score (nSPS) is 10.5. The highest BCUT2D eigenvalue weighted by Crippen LogP contribution is 2.12. The molecule has 0 amide bonds. The van der Waals surface area contributed by atoms with Crippen LogP contribution in [0.25, 0.3) is 0 Å². The summed E-state index contributed by atoms with van der Waals surface area (Å²) >= 11 is 0. The summed E-state index contributed by atoms with van der Waals surface area (Å²) in [6.45, 7) is 1.66. The van der Waals surface area contributed by atoms with Crippen LogP contribution in [0.4, 0.5) is 0 Å². The van der Waals surface area contributed by atoms with Gasteiger partial charge in [-0.25, -0.2) is 10.0 Å². The summed E-state index contributed by atoms with van der Waals surface area (Å²) in [5, 5.41) is 4.36. The highest BCUT2D eigenvalue weighted by atomic mass is 15.6. The summed E-state index contributed by atoms with van der Waals surface area (Å²) in [6, 6.07) is 16.2. The monoisotopic (exact) mass is 288 g/mol. The van der Waals surface area contributed by atoms with Crippen molar-refractivity contribution in [2.24, 2.45) is 0 Å². The molecule has 0 aromatic heterocycles. The molecule has 0 N–H and O–H groups in total. The van der Waals surface area contributed by atoms with Gasteiger partial charge in [-0.05, 0) is 35.4 Å². The van der Waals surface area contributed by atoms with Gasteiger partial charge in [0.05, 0.1) is 0 Å². The Morgan fingerprint density at radius 3 is 1.36 bits per heavy atom. The molecule has 110 valence electrons. The second-order valence-electron chi connectivity index (χ2n) is 5.35. The Morgan fingerprint density at radius 2 is 1.09 bits per heavy atom. The Morgan fingerprint density at radius 1 is 0.727 bits per heavy atom. The number of benzene rings is 2. The third-order valence-electron chi connectivity index (χ3n) is 3.54. The second kappa shape index (κ2) is 7.48. The first-order valence-corrected chi connectivity index (χ1v) is 7.15. The van der Waals surface area contributed by atoms with E-state index in [1.807, 2.05) is 38.4 Å². The zero-order valence-corrected chi connectivity index (χ0v) is 13.1. The van der Waals surface area contributed by atoms with Gasteiger partial charge in [0, 0.05) is 38.3 Å². The summed E-state index contributed by atoms with van der Waals surface area (Å²) in [5.74, 6) is 5.28. The fourth-order valence-electron chi connectivity index (χ4n) is 2.17. The largest absolute Gasteiger partial charge is 0.247 e. The van der Waals surface area contributed by atoms with Crippen molar-refractivity contribution in [3.05, 3.63) is 70.8 Å². The molecule has 0 bridgehead atoms. The average molecular weight is 288 g/mol. The van der Waals surface area contributed by atoms with Crippen LogP contribution < -0.4 is 0 Å². The molecule has 0 aliphatic carbocycles. The van der Waals surface area contributed by atoms with Crippen LogP contribution in [-0.2, 0) is 13.1 Å². The smallest absolute Gasteiger partial charge is 0.0387 e. The number of nitrogens with zero attached hydrogens (tertiary/aromatic N) is 2. The van der Waals surface area contributed by atoms with E-state index in [0.29, 0.717) is 0 Å². The molecular weight excluding hydrogens is 268 g/mol. The molecule has 0 atom stereocenters. The van der Waals surface area contributed by atoms with E-state index in [-0.39, 0.29) is 0 Å². The van der Waals surface area contributed by atoms with Crippen LogP contribution in [0.15, 0.2) is 48.5 Å². The van der Waals surface area contributed by atoms with E-state index in [2.05, 4.69) is 46.1 Å². The van der Waals surface area contributed by atoms with Crippen molar-refractivity contribution in [3.63, 3.8) is 0 Å². The molecule has 2 aromatic carbocycles. The molecule has 22 heavy (non-hydrogen) atoms. The van der Waals surface area contributed by atoms with Crippen LogP contribution >= 0.6 is 0 Å². The maximum Gasteiger partial charge on any atom is 0.0387 e. The van der Waals surface area contributed by atoms with E-state index in [4.69, 9.17) is 12.8 Å². The number of rotatable bonds is 5. The number of hydrogen-bond acceptors (Lipinski definition) is 2. The first-order valence-electron chi connectivity index (χ1n) is 7.15. The molecule has 0 aliphatic rings. The number of hydrogen-bond donors (Lipinski definition) is 0. The van der Waals surface area contributed by atoms with E-state index < -0.39 is 0 Å². The van der Waals surface area contributed by atoms with Gasteiger partial charge in [0.2, 0.25) is 0 Å². The van der Waals surface area contributed by atoms with Gasteiger partial charge in [0.25, 0.3) is 0 Å². The minimum atomic E-state index is 0.828. The van der Waals surface area contributed by atoms with Crippen molar-refractivity contribution in [1.29, 1.82) is 0 Å². The molecule has 0 unspecified atom stereocenters. The van der Waals surface area contributed by atoms with Crippen LogP contribution in [0.3, 0.4) is 0 Å². The van der Waals surface area contributed by atoms with E-state index in [1.54, 1.807) is 0 Å². The summed E-state index contributed by atoms with van der Waals surface area (Å²) in [6.07, 6.45) is 10.8. The molecular formula is C20H20N2. The van der Waals surface area contributed by atoms with Gasteiger partial charge in [-0.15, -0.1) is 12.8 Å². The van der Waals surface area contributed by atoms with E-state index in [1.165, 1.54) is 11.1 Å². The molecule has 0 radical (unpaired) electrons. The van der Waals surface area contributed by atoms with E-state index in [0.717, 1.165) is 24.2 Å². The lowest BCUT2D eigenvalue weighted by Gasteiger charge is -2.29. The van der Waals surface area contributed by atoms with Gasteiger partial charge < -0.3 is 0 Å². The molecule has 0 aliphatic heterocycles. The first kappa shape index (κ1) is 15.9. The van der Waals surface area contributed by atoms with Crippen molar-refractivity contribution >= 4 is 0 Å². The van der Waals surface area contributed by atoms with Crippen molar-refractivity contribution in [1.82, 2.24) is 10.0 Å². The average Bonchev–Trinajstić information content (AvgIpc) is 2.55. The Labute approximate surface area is 133 Å². The molecule has 0 heterocycles. The lowest BCUT2D eigenvalue weighted by Crippen LogP contribution is -2.35. The number of hydrazine groups is 1. The zero-order valence-electron chi connectivity index (χ0n) is 13.1. The Hall–Kier alpha value is -2.52. The first-order chi connectivity index (χ1) is 10.6. The highest BCUT2D eigenvalue weighted by molar-refractivity contribution is 5.35. The summed E-state index contributed by atoms with van der Waals surface area (Å²) in [7, 11) is 4.09. The predicted molar refractivity (Wildman–Crippen MR) is 91.7 cm³/mol. The summed E-state index contributed by atoms with van der Waals surface area (Å²) < 4.78 is 0. The fraction of sp³-hybridized carbons (Fsp3) is 0.200. The third kappa shape index (κ3) is 4.24. The van der Waals surface area contributed by atoms with Gasteiger partial charge in [-0.1, -0.05) is 36.1 Å². The van der Waals surface area contributed by atoms with E-state index >= 15 is 0 Å². The minimum Gasteiger partial charge on any atom is -0.247 e. The van der Waals surface area contributed by atoms with Gasteiger partial charge in [-0.3, -0.25) is 0 Å². The van der Waals surface area contributed by atoms with Crippen molar-refractivity contribution in [2.45, 2.75) is 13.1 Å². The van der Waals surface area contributed by atoms with E-state index in [9.17, 15) is 0 Å². The standard InChI is InChI=1S/C20H20N2/c1-5-17-7-11-19(12-8-17)15-22(21(3)4)16-20-13-9-18(6-2)10-14-20/h1-2,7-14H,15-16H2,3-4H3. The van der Waals surface area contributed by atoms with Crippen LogP contribution in [-0.4, -0.2) is 24.1 Å². The molecule has 2 aromatic rings. The van der Waals surface area contributed by atoms with Crippen LogP contribution in [0.5, 0.6) is 0 Å². The fourth-order valence-corrected chi connectivity index (χ4v) is 2.17. The van der Waals surface area contributed by atoms with Gasteiger partial charge in [0.1, 0.15) is 0 Å². The third-order valence-corrected chi connectivity index (χ3v) is 3.54. The van der Waals surface area contributed by atoms with Crippen LogP contribution in [0.2, 0.25) is 0 Å². The molecule has 0 saturated heterocycles. The highest BCUT2D eigenvalue weighted by Gasteiger charge is 2.09. The van der Waals surface area contributed by atoms with Crippen molar-refractivity contribution in [2.75, 3.05) is 14.1 Å². The molecule has 0 saturated carbocycles.